The van der Waals surface area contributed by atoms with Crippen LogP contribution >= 0.6 is 11.3 Å². The van der Waals surface area contributed by atoms with Gasteiger partial charge in [0.05, 0.1) is 12.7 Å². The number of aliphatic hydroxyl groups excluding tert-OH is 1. The Labute approximate surface area is 116 Å². The van der Waals surface area contributed by atoms with Crippen LogP contribution in [0.4, 0.5) is 17.6 Å². The zero-order valence-electron chi connectivity index (χ0n) is 10.2. The van der Waals surface area contributed by atoms with E-state index in [0.29, 0.717) is 22.8 Å². The monoisotopic (exact) mass is 306 g/mol. The third-order valence-electron chi connectivity index (χ3n) is 2.71. The SMILES string of the molecule is COc1csc(C(O)c2ccc(F)c(C(F)(F)F)c2)c1. The molecule has 0 spiro atoms. The molecule has 1 aromatic carbocycles. The predicted octanol–water partition coefficient (Wildman–Crippen LogP) is 4.00. The molecule has 0 fully saturated rings. The van der Waals surface area contributed by atoms with E-state index >= 15 is 0 Å². The van der Waals surface area contributed by atoms with E-state index in [2.05, 4.69) is 0 Å². The summed E-state index contributed by atoms with van der Waals surface area (Å²) in [7, 11) is 1.44. The fraction of sp³-hybridized carbons (Fsp3) is 0.231. The van der Waals surface area contributed by atoms with E-state index < -0.39 is 23.7 Å². The molecule has 0 saturated heterocycles. The summed E-state index contributed by atoms with van der Waals surface area (Å²) in [5.74, 6) is -0.862. The maximum Gasteiger partial charge on any atom is 0.419 e. The fourth-order valence-electron chi connectivity index (χ4n) is 1.68. The second kappa shape index (κ2) is 5.41. The smallest absolute Gasteiger partial charge is 0.419 e. The van der Waals surface area contributed by atoms with Crippen molar-refractivity contribution in [2.75, 3.05) is 7.11 Å². The summed E-state index contributed by atoms with van der Waals surface area (Å²) in [6.07, 6.45) is -6.06. The van der Waals surface area contributed by atoms with Crippen molar-refractivity contribution < 1.29 is 27.4 Å². The van der Waals surface area contributed by atoms with Crippen molar-refractivity contribution in [1.82, 2.24) is 0 Å². The van der Waals surface area contributed by atoms with Gasteiger partial charge in [0.25, 0.3) is 0 Å². The first-order valence-electron chi connectivity index (χ1n) is 5.50. The molecule has 7 heteroatoms. The van der Waals surface area contributed by atoms with Crippen LogP contribution in [-0.4, -0.2) is 12.2 Å². The molecule has 2 aromatic rings. The summed E-state index contributed by atoms with van der Waals surface area (Å²) >= 11 is 1.14. The van der Waals surface area contributed by atoms with Crippen LogP contribution in [0.2, 0.25) is 0 Å². The van der Waals surface area contributed by atoms with Gasteiger partial charge in [0.15, 0.2) is 0 Å². The van der Waals surface area contributed by atoms with Gasteiger partial charge in [-0.15, -0.1) is 11.3 Å². The minimum atomic E-state index is -4.80. The Kier molecular flexibility index (Phi) is 4.01. The Balaban J connectivity index is 2.37. The molecule has 1 N–H and O–H groups in total. The van der Waals surface area contributed by atoms with Crippen molar-refractivity contribution in [2.24, 2.45) is 0 Å². The number of benzene rings is 1. The standard InChI is InChI=1S/C13H10F4O2S/c1-19-8-5-11(20-6-8)12(18)7-2-3-10(14)9(4-7)13(15,16)17/h2-6,12,18H,1H3. The average Bonchev–Trinajstić information content (AvgIpc) is 2.86. The molecule has 2 nitrogen and oxygen atoms in total. The van der Waals surface area contributed by atoms with Gasteiger partial charge in [-0.2, -0.15) is 13.2 Å². The van der Waals surface area contributed by atoms with Gasteiger partial charge >= 0.3 is 6.18 Å². The summed E-state index contributed by atoms with van der Waals surface area (Å²) in [5, 5.41) is 11.7. The minimum absolute atomic E-state index is 0.0248. The lowest BCUT2D eigenvalue weighted by Crippen LogP contribution is -2.10. The van der Waals surface area contributed by atoms with Crippen LogP contribution in [0.15, 0.2) is 29.6 Å². The van der Waals surface area contributed by atoms with Crippen LogP contribution in [0.25, 0.3) is 0 Å². The molecule has 1 atom stereocenters. The van der Waals surface area contributed by atoms with Crippen LogP contribution in [0.5, 0.6) is 5.75 Å². The van der Waals surface area contributed by atoms with E-state index in [9.17, 15) is 22.7 Å². The summed E-state index contributed by atoms with van der Waals surface area (Å²) in [4.78, 5) is 0.418. The first-order valence-corrected chi connectivity index (χ1v) is 6.38. The molecule has 1 heterocycles. The van der Waals surface area contributed by atoms with Crippen LogP contribution in [-0.2, 0) is 6.18 Å². The summed E-state index contributed by atoms with van der Waals surface area (Å²) < 4.78 is 56.0. The van der Waals surface area contributed by atoms with E-state index in [0.717, 1.165) is 17.4 Å². The van der Waals surface area contributed by atoms with Crippen molar-refractivity contribution in [2.45, 2.75) is 12.3 Å². The number of thiophene rings is 1. The van der Waals surface area contributed by atoms with E-state index in [1.54, 1.807) is 5.38 Å². The van der Waals surface area contributed by atoms with Gasteiger partial charge in [-0.05, 0) is 23.8 Å². The number of aliphatic hydroxyl groups is 1. The highest BCUT2D eigenvalue weighted by atomic mass is 32.1. The Hall–Kier alpha value is -1.60. The van der Waals surface area contributed by atoms with Gasteiger partial charge < -0.3 is 9.84 Å². The molecular formula is C13H10F4O2S. The summed E-state index contributed by atoms with van der Waals surface area (Å²) in [6.45, 7) is 0. The van der Waals surface area contributed by atoms with Crippen LogP contribution in [0, 0.1) is 5.82 Å². The molecule has 0 saturated carbocycles. The lowest BCUT2D eigenvalue weighted by Gasteiger charge is -2.13. The second-order valence-corrected chi connectivity index (χ2v) is 4.97. The number of methoxy groups -OCH3 is 1. The minimum Gasteiger partial charge on any atom is -0.496 e. The van der Waals surface area contributed by atoms with Crippen molar-refractivity contribution >= 4 is 11.3 Å². The molecule has 2 rings (SSSR count). The van der Waals surface area contributed by atoms with E-state index in [1.165, 1.54) is 13.2 Å². The van der Waals surface area contributed by atoms with Crippen molar-refractivity contribution in [3.05, 3.63) is 51.5 Å². The molecule has 0 aliphatic rings. The first-order chi connectivity index (χ1) is 9.32. The summed E-state index contributed by atoms with van der Waals surface area (Å²) in [6, 6.07) is 3.96. The highest BCUT2D eigenvalue weighted by Gasteiger charge is 2.34. The lowest BCUT2D eigenvalue weighted by atomic mass is 10.0. The zero-order valence-corrected chi connectivity index (χ0v) is 11.1. The number of alkyl halides is 3. The molecule has 0 amide bonds. The predicted molar refractivity (Wildman–Crippen MR) is 66.3 cm³/mol. The Morgan fingerprint density at radius 2 is 1.95 bits per heavy atom. The van der Waals surface area contributed by atoms with E-state index in [4.69, 9.17) is 4.74 Å². The first kappa shape index (κ1) is 14.8. The zero-order chi connectivity index (χ0) is 14.9. The Bertz CT molecular complexity index is 607. The third-order valence-corrected chi connectivity index (χ3v) is 3.68. The Morgan fingerprint density at radius 1 is 1.25 bits per heavy atom. The van der Waals surface area contributed by atoms with Gasteiger partial charge in [-0.3, -0.25) is 0 Å². The van der Waals surface area contributed by atoms with Crippen molar-refractivity contribution in [1.29, 1.82) is 0 Å². The third kappa shape index (κ3) is 2.94. The molecular weight excluding hydrogens is 296 g/mol. The van der Waals surface area contributed by atoms with E-state index in [1.807, 2.05) is 0 Å². The van der Waals surface area contributed by atoms with Crippen LogP contribution in [0.1, 0.15) is 22.1 Å². The molecule has 20 heavy (non-hydrogen) atoms. The number of rotatable bonds is 3. The van der Waals surface area contributed by atoms with Crippen molar-refractivity contribution in [3.63, 3.8) is 0 Å². The maximum absolute atomic E-state index is 13.2. The molecule has 1 aromatic heterocycles. The molecule has 108 valence electrons. The molecule has 1 unspecified atom stereocenters. The highest BCUT2D eigenvalue weighted by molar-refractivity contribution is 7.10. The topological polar surface area (TPSA) is 29.5 Å². The molecule has 0 bridgehead atoms. The normalized spacial score (nSPS) is 13.3. The fourth-order valence-corrected chi connectivity index (χ4v) is 2.54. The largest absolute Gasteiger partial charge is 0.496 e. The number of ether oxygens (including phenoxy) is 1. The summed E-state index contributed by atoms with van der Waals surface area (Å²) in [5.41, 5.74) is -1.42. The van der Waals surface area contributed by atoms with Crippen molar-refractivity contribution in [3.8, 4) is 5.75 Å². The number of halogens is 4. The Morgan fingerprint density at radius 3 is 2.50 bits per heavy atom. The molecule has 0 aliphatic carbocycles. The van der Waals surface area contributed by atoms with Gasteiger partial charge in [0.1, 0.15) is 17.7 Å². The quantitative estimate of drug-likeness (QED) is 0.869. The van der Waals surface area contributed by atoms with Gasteiger partial charge in [-0.1, -0.05) is 6.07 Å². The number of hydrogen-bond donors (Lipinski definition) is 1. The maximum atomic E-state index is 13.2. The van der Waals surface area contributed by atoms with E-state index in [-0.39, 0.29) is 5.56 Å². The molecule has 0 radical (unpaired) electrons. The van der Waals surface area contributed by atoms with Gasteiger partial charge in [0, 0.05) is 10.3 Å². The highest BCUT2D eigenvalue weighted by Crippen LogP contribution is 2.36. The van der Waals surface area contributed by atoms with Crippen LogP contribution < -0.4 is 4.74 Å². The second-order valence-electron chi connectivity index (χ2n) is 4.03. The lowest BCUT2D eigenvalue weighted by molar-refractivity contribution is -0.140. The van der Waals surface area contributed by atoms with Gasteiger partial charge in [0.2, 0.25) is 0 Å². The van der Waals surface area contributed by atoms with Crippen LogP contribution in [0.3, 0.4) is 0 Å². The number of hydrogen-bond acceptors (Lipinski definition) is 3. The van der Waals surface area contributed by atoms with Gasteiger partial charge in [-0.25, -0.2) is 4.39 Å². The average molecular weight is 306 g/mol. The molecule has 0 aliphatic heterocycles.